The van der Waals surface area contributed by atoms with Gasteiger partial charge in [0.2, 0.25) is 5.91 Å². The average Bonchev–Trinajstić information content (AvgIpc) is 2.27. The standard InChI is InChI=1S/C14H19NOS/c1-10(2)8-15-14(16)9-17-13-7-11(3)5-6-12(13)4/h5-7H,1,8-9H2,2-4H3,(H,15,16). The molecule has 0 spiro atoms. The average molecular weight is 249 g/mol. The van der Waals surface area contributed by atoms with E-state index in [9.17, 15) is 4.79 Å². The van der Waals surface area contributed by atoms with E-state index in [1.165, 1.54) is 16.0 Å². The van der Waals surface area contributed by atoms with E-state index in [-0.39, 0.29) is 5.91 Å². The summed E-state index contributed by atoms with van der Waals surface area (Å²) in [6, 6.07) is 6.29. The highest BCUT2D eigenvalue weighted by Crippen LogP contribution is 2.23. The van der Waals surface area contributed by atoms with Crippen LogP contribution in [-0.2, 0) is 4.79 Å². The minimum Gasteiger partial charge on any atom is -0.352 e. The van der Waals surface area contributed by atoms with Crippen LogP contribution in [0.5, 0.6) is 0 Å². The Hall–Kier alpha value is -1.22. The lowest BCUT2D eigenvalue weighted by molar-refractivity contribution is -0.118. The number of carbonyl (C=O) groups is 1. The number of benzene rings is 1. The largest absolute Gasteiger partial charge is 0.352 e. The highest BCUT2D eigenvalue weighted by molar-refractivity contribution is 8.00. The number of rotatable bonds is 5. The number of nitrogens with one attached hydrogen (secondary N) is 1. The van der Waals surface area contributed by atoms with Crippen LogP contribution in [0.25, 0.3) is 0 Å². The Bertz CT molecular complexity index is 426. The lowest BCUT2D eigenvalue weighted by atomic mass is 10.2. The summed E-state index contributed by atoms with van der Waals surface area (Å²) in [7, 11) is 0. The maximum absolute atomic E-state index is 11.5. The number of hydrogen-bond donors (Lipinski definition) is 1. The van der Waals surface area contributed by atoms with E-state index in [0.717, 1.165) is 5.57 Å². The van der Waals surface area contributed by atoms with Crippen LogP contribution in [0.4, 0.5) is 0 Å². The Labute approximate surface area is 107 Å². The van der Waals surface area contributed by atoms with Crippen LogP contribution in [-0.4, -0.2) is 18.2 Å². The summed E-state index contributed by atoms with van der Waals surface area (Å²) in [4.78, 5) is 12.7. The van der Waals surface area contributed by atoms with Crippen molar-refractivity contribution in [3.8, 4) is 0 Å². The first-order valence-electron chi connectivity index (χ1n) is 5.60. The Balaban J connectivity index is 2.47. The molecule has 0 fully saturated rings. The summed E-state index contributed by atoms with van der Waals surface area (Å²) < 4.78 is 0. The van der Waals surface area contributed by atoms with E-state index in [1.54, 1.807) is 11.8 Å². The Morgan fingerprint density at radius 1 is 1.41 bits per heavy atom. The molecule has 0 aliphatic rings. The second-order valence-electron chi connectivity index (χ2n) is 4.29. The van der Waals surface area contributed by atoms with Crippen LogP contribution < -0.4 is 5.32 Å². The molecule has 1 amide bonds. The second kappa shape index (κ2) is 6.50. The molecule has 0 radical (unpaired) electrons. The van der Waals surface area contributed by atoms with Crippen molar-refractivity contribution in [3.63, 3.8) is 0 Å². The summed E-state index contributed by atoms with van der Waals surface area (Å²) >= 11 is 1.58. The first kappa shape index (κ1) is 13.8. The molecule has 0 saturated heterocycles. The smallest absolute Gasteiger partial charge is 0.230 e. The molecule has 17 heavy (non-hydrogen) atoms. The van der Waals surface area contributed by atoms with Gasteiger partial charge in [0, 0.05) is 11.4 Å². The van der Waals surface area contributed by atoms with Crippen LogP contribution in [0, 0.1) is 13.8 Å². The van der Waals surface area contributed by atoms with Gasteiger partial charge >= 0.3 is 0 Å². The van der Waals surface area contributed by atoms with Crippen LogP contribution in [0.2, 0.25) is 0 Å². The van der Waals surface area contributed by atoms with Crippen LogP contribution in [0.1, 0.15) is 18.1 Å². The molecule has 0 aromatic heterocycles. The third kappa shape index (κ3) is 5.09. The molecule has 3 heteroatoms. The molecule has 1 rings (SSSR count). The summed E-state index contributed by atoms with van der Waals surface area (Å²) in [6.07, 6.45) is 0. The van der Waals surface area contributed by atoms with E-state index in [1.807, 2.05) is 6.92 Å². The van der Waals surface area contributed by atoms with Gasteiger partial charge in [-0.15, -0.1) is 11.8 Å². The van der Waals surface area contributed by atoms with Gasteiger partial charge in [0.05, 0.1) is 5.75 Å². The molecule has 0 saturated carbocycles. The fourth-order valence-electron chi connectivity index (χ4n) is 1.31. The van der Waals surface area contributed by atoms with Gasteiger partial charge in [-0.2, -0.15) is 0 Å². The van der Waals surface area contributed by atoms with Gasteiger partial charge in [-0.3, -0.25) is 4.79 Å². The molecule has 0 aliphatic carbocycles. The zero-order chi connectivity index (χ0) is 12.8. The van der Waals surface area contributed by atoms with E-state index >= 15 is 0 Å². The van der Waals surface area contributed by atoms with Crippen molar-refractivity contribution in [1.82, 2.24) is 5.32 Å². The van der Waals surface area contributed by atoms with Gasteiger partial charge in [-0.05, 0) is 32.4 Å². The van der Waals surface area contributed by atoms with E-state index in [4.69, 9.17) is 0 Å². The number of thioether (sulfide) groups is 1. The van der Waals surface area contributed by atoms with Crippen molar-refractivity contribution in [2.75, 3.05) is 12.3 Å². The molecule has 0 unspecified atom stereocenters. The van der Waals surface area contributed by atoms with Gasteiger partial charge in [-0.25, -0.2) is 0 Å². The third-order valence-corrected chi connectivity index (χ3v) is 3.45. The number of hydrogen-bond acceptors (Lipinski definition) is 2. The topological polar surface area (TPSA) is 29.1 Å². The van der Waals surface area contributed by atoms with Gasteiger partial charge in [0.15, 0.2) is 0 Å². The second-order valence-corrected chi connectivity index (χ2v) is 5.31. The maximum Gasteiger partial charge on any atom is 0.230 e. The third-order valence-electron chi connectivity index (χ3n) is 2.29. The van der Waals surface area contributed by atoms with Gasteiger partial charge in [-0.1, -0.05) is 29.8 Å². The van der Waals surface area contributed by atoms with E-state index < -0.39 is 0 Å². The van der Waals surface area contributed by atoms with Crippen molar-refractivity contribution in [1.29, 1.82) is 0 Å². The van der Waals surface area contributed by atoms with Gasteiger partial charge in [0.25, 0.3) is 0 Å². The molecule has 2 nitrogen and oxygen atoms in total. The van der Waals surface area contributed by atoms with Crippen molar-refractivity contribution >= 4 is 17.7 Å². The van der Waals surface area contributed by atoms with Crippen molar-refractivity contribution < 1.29 is 4.79 Å². The quantitative estimate of drug-likeness (QED) is 0.642. The maximum atomic E-state index is 11.5. The van der Waals surface area contributed by atoms with Crippen molar-refractivity contribution in [3.05, 3.63) is 41.5 Å². The lowest BCUT2D eigenvalue weighted by Gasteiger charge is -2.07. The number of aryl methyl sites for hydroxylation is 2. The fraction of sp³-hybridized carbons (Fsp3) is 0.357. The number of carbonyl (C=O) groups excluding carboxylic acids is 1. The van der Waals surface area contributed by atoms with Crippen LogP contribution >= 0.6 is 11.8 Å². The Kier molecular flexibility index (Phi) is 5.29. The lowest BCUT2D eigenvalue weighted by Crippen LogP contribution is -2.26. The monoisotopic (exact) mass is 249 g/mol. The summed E-state index contributed by atoms with van der Waals surface area (Å²) in [5.41, 5.74) is 3.41. The highest BCUT2D eigenvalue weighted by atomic mass is 32.2. The zero-order valence-electron chi connectivity index (χ0n) is 10.7. The van der Waals surface area contributed by atoms with Crippen molar-refractivity contribution in [2.45, 2.75) is 25.7 Å². The normalized spacial score (nSPS) is 10.1. The first-order valence-corrected chi connectivity index (χ1v) is 6.58. The molecule has 0 bridgehead atoms. The van der Waals surface area contributed by atoms with Crippen molar-refractivity contribution in [2.24, 2.45) is 0 Å². The molecule has 1 aromatic rings. The molecule has 0 heterocycles. The first-order chi connectivity index (χ1) is 7.99. The Morgan fingerprint density at radius 2 is 2.12 bits per heavy atom. The predicted molar refractivity (Wildman–Crippen MR) is 74.5 cm³/mol. The summed E-state index contributed by atoms with van der Waals surface area (Å²) in [5, 5.41) is 2.83. The minimum atomic E-state index is 0.0545. The summed E-state index contributed by atoms with van der Waals surface area (Å²) in [5.74, 6) is 0.510. The predicted octanol–water partition coefficient (Wildman–Crippen LogP) is 3.09. The highest BCUT2D eigenvalue weighted by Gasteiger charge is 2.04. The van der Waals surface area contributed by atoms with E-state index in [2.05, 4.69) is 43.9 Å². The molecular weight excluding hydrogens is 230 g/mol. The molecular formula is C14H19NOS. The van der Waals surface area contributed by atoms with E-state index in [0.29, 0.717) is 12.3 Å². The molecule has 92 valence electrons. The van der Waals surface area contributed by atoms with Crippen LogP contribution in [0.3, 0.4) is 0 Å². The minimum absolute atomic E-state index is 0.0545. The molecule has 1 aromatic carbocycles. The summed E-state index contributed by atoms with van der Waals surface area (Å²) in [6.45, 7) is 10.3. The molecule has 1 N–H and O–H groups in total. The number of amides is 1. The SMILES string of the molecule is C=C(C)CNC(=O)CSc1cc(C)ccc1C. The fourth-order valence-corrected chi connectivity index (χ4v) is 2.26. The van der Waals surface area contributed by atoms with Crippen LogP contribution in [0.15, 0.2) is 35.2 Å². The molecule has 0 aliphatic heterocycles. The van der Waals surface area contributed by atoms with Gasteiger partial charge in [0.1, 0.15) is 0 Å². The zero-order valence-corrected chi connectivity index (χ0v) is 11.5. The van der Waals surface area contributed by atoms with Gasteiger partial charge < -0.3 is 5.32 Å². The molecule has 0 atom stereocenters. The Morgan fingerprint density at radius 3 is 2.76 bits per heavy atom.